The van der Waals surface area contributed by atoms with Crippen molar-refractivity contribution in [1.29, 1.82) is 0 Å². The van der Waals surface area contributed by atoms with E-state index >= 15 is 0 Å². The van der Waals surface area contributed by atoms with E-state index in [0.29, 0.717) is 21.6 Å². The van der Waals surface area contributed by atoms with Gasteiger partial charge in [-0.15, -0.1) is 0 Å². The number of carbonyl (C=O) groups excluding carboxylic acids is 1. The summed E-state index contributed by atoms with van der Waals surface area (Å²) < 4.78 is 18.9. The molecule has 0 aliphatic heterocycles. The summed E-state index contributed by atoms with van der Waals surface area (Å²) in [5.41, 5.74) is 0.425. The van der Waals surface area contributed by atoms with E-state index in [0.717, 1.165) is 12.1 Å². The number of pyridine rings is 1. The van der Waals surface area contributed by atoms with Crippen LogP contribution in [0.3, 0.4) is 0 Å². The zero-order chi connectivity index (χ0) is 20.4. The molecule has 0 unspecified atom stereocenters. The fourth-order valence-corrected chi connectivity index (χ4v) is 3.06. The molecule has 1 amide bonds. The molecule has 7 nitrogen and oxygen atoms in total. The number of rotatable bonds is 5. The van der Waals surface area contributed by atoms with Crippen LogP contribution in [0.5, 0.6) is 5.75 Å². The Hall–Kier alpha value is -2.97. The summed E-state index contributed by atoms with van der Waals surface area (Å²) in [6, 6.07) is 8.05. The van der Waals surface area contributed by atoms with Gasteiger partial charge in [0.05, 0.1) is 15.0 Å². The predicted molar refractivity (Wildman–Crippen MR) is 104 cm³/mol. The number of benzene rings is 2. The fraction of sp³-hybridized carbons (Fsp3) is 0.111. The van der Waals surface area contributed by atoms with Crippen LogP contribution < -0.4 is 10.1 Å². The van der Waals surface area contributed by atoms with Gasteiger partial charge >= 0.3 is 5.69 Å². The lowest BCUT2D eigenvalue weighted by molar-refractivity contribution is -0.387. The highest BCUT2D eigenvalue weighted by Gasteiger charge is 2.17. The quantitative estimate of drug-likeness (QED) is 0.464. The molecule has 144 valence electrons. The largest absolute Gasteiger partial charge is 0.480 e. The molecule has 3 aromatic rings. The zero-order valence-corrected chi connectivity index (χ0v) is 15.8. The number of nitro benzene ring substituents is 1. The lowest BCUT2D eigenvalue weighted by atomic mass is 10.2. The standard InChI is InChI=1S/C18H12Cl2FN3O4/c1-9-2-4-11-12(19)7-13(20)18(17(11)22-9)28-8-16(25)23-10-3-5-14(21)15(6-10)24(26)27/h2-7H,8H2,1H3,(H,23,25). The number of ether oxygens (including phenoxy) is 1. The van der Waals surface area contributed by atoms with Crippen molar-refractivity contribution in [3.05, 3.63) is 68.1 Å². The molecule has 1 heterocycles. The van der Waals surface area contributed by atoms with Gasteiger partial charge in [-0.2, -0.15) is 4.39 Å². The Morgan fingerprint density at radius 2 is 2.00 bits per heavy atom. The minimum Gasteiger partial charge on any atom is -0.480 e. The number of nitro groups is 1. The maximum Gasteiger partial charge on any atom is 0.306 e. The van der Waals surface area contributed by atoms with Gasteiger partial charge in [0.25, 0.3) is 5.91 Å². The molecular formula is C18H12Cl2FN3O4. The molecule has 10 heteroatoms. The summed E-state index contributed by atoms with van der Waals surface area (Å²) in [6.45, 7) is 1.34. The van der Waals surface area contributed by atoms with Crippen molar-refractivity contribution in [2.24, 2.45) is 0 Å². The Labute approximate surface area is 168 Å². The van der Waals surface area contributed by atoms with Crippen LogP contribution in [0.2, 0.25) is 10.0 Å². The summed E-state index contributed by atoms with van der Waals surface area (Å²) in [7, 11) is 0. The zero-order valence-electron chi connectivity index (χ0n) is 14.3. The van der Waals surface area contributed by atoms with Gasteiger partial charge in [0.15, 0.2) is 12.4 Å². The number of nitrogens with one attached hydrogen (secondary N) is 1. The molecule has 0 bridgehead atoms. The predicted octanol–water partition coefficient (Wildman–Crippen LogP) is 4.91. The molecule has 0 saturated heterocycles. The van der Waals surface area contributed by atoms with Gasteiger partial charge in [-0.1, -0.05) is 23.2 Å². The van der Waals surface area contributed by atoms with Crippen LogP contribution in [-0.2, 0) is 4.79 Å². The van der Waals surface area contributed by atoms with E-state index in [1.165, 1.54) is 12.1 Å². The smallest absolute Gasteiger partial charge is 0.306 e. The van der Waals surface area contributed by atoms with E-state index in [4.69, 9.17) is 27.9 Å². The molecule has 3 rings (SSSR count). The van der Waals surface area contributed by atoms with E-state index in [1.54, 1.807) is 19.1 Å². The molecular weight excluding hydrogens is 412 g/mol. The van der Waals surface area contributed by atoms with Crippen molar-refractivity contribution in [2.75, 3.05) is 11.9 Å². The van der Waals surface area contributed by atoms with Gasteiger partial charge in [-0.3, -0.25) is 14.9 Å². The van der Waals surface area contributed by atoms with Gasteiger partial charge < -0.3 is 10.1 Å². The maximum absolute atomic E-state index is 13.4. The van der Waals surface area contributed by atoms with E-state index < -0.39 is 28.9 Å². The van der Waals surface area contributed by atoms with Crippen molar-refractivity contribution in [1.82, 2.24) is 4.98 Å². The second kappa shape index (κ2) is 7.95. The Morgan fingerprint density at radius 3 is 2.71 bits per heavy atom. The van der Waals surface area contributed by atoms with Crippen LogP contribution in [0.25, 0.3) is 10.9 Å². The molecule has 0 aliphatic rings. The number of hydrogen-bond acceptors (Lipinski definition) is 5. The van der Waals surface area contributed by atoms with E-state index in [1.807, 2.05) is 0 Å². The van der Waals surface area contributed by atoms with Crippen LogP contribution in [0, 0.1) is 22.9 Å². The highest BCUT2D eigenvalue weighted by atomic mass is 35.5. The first-order chi connectivity index (χ1) is 13.3. The van der Waals surface area contributed by atoms with Gasteiger partial charge in [-0.25, -0.2) is 4.98 Å². The van der Waals surface area contributed by atoms with Gasteiger partial charge in [-0.05, 0) is 37.3 Å². The number of anilines is 1. The van der Waals surface area contributed by atoms with Crippen LogP contribution in [0.15, 0.2) is 36.4 Å². The average molecular weight is 424 g/mol. The summed E-state index contributed by atoms with van der Waals surface area (Å²) in [6.07, 6.45) is 0. The average Bonchev–Trinajstić information content (AvgIpc) is 2.62. The number of nitrogens with zero attached hydrogens (tertiary/aromatic N) is 2. The minimum atomic E-state index is -1.000. The van der Waals surface area contributed by atoms with Crippen LogP contribution >= 0.6 is 23.2 Å². The van der Waals surface area contributed by atoms with Crippen molar-refractivity contribution < 1.29 is 18.8 Å². The van der Waals surface area contributed by atoms with E-state index in [9.17, 15) is 19.3 Å². The van der Waals surface area contributed by atoms with Crippen LogP contribution in [-0.4, -0.2) is 22.4 Å². The summed E-state index contributed by atoms with van der Waals surface area (Å²) in [5.74, 6) is -1.43. The van der Waals surface area contributed by atoms with E-state index in [-0.39, 0.29) is 16.5 Å². The Bertz CT molecular complexity index is 1110. The third kappa shape index (κ3) is 4.13. The van der Waals surface area contributed by atoms with Crippen molar-refractivity contribution in [3.8, 4) is 5.75 Å². The molecule has 0 spiro atoms. The van der Waals surface area contributed by atoms with E-state index in [2.05, 4.69) is 10.3 Å². The number of aromatic nitrogens is 1. The molecule has 0 radical (unpaired) electrons. The monoisotopic (exact) mass is 423 g/mol. The molecule has 0 saturated carbocycles. The first kappa shape index (κ1) is 19.8. The number of fused-ring (bicyclic) bond motifs is 1. The van der Waals surface area contributed by atoms with Crippen molar-refractivity contribution >= 4 is 51.4 Å². The number of amides is 1. The highest BCUT2D eigenvalue weighted by Crippen LogP contribution is 2.37. The molecule has 2 aromatic carbocycles. The second-order valence-corrected chi connectivity index (χ2v) is 6.59. The second-order valence-electron chi connectivity index (χ2n) is 5.78. The van der Waals surface area contributed by atoms with Gasteiger partial charge in [0.1, 0.15) is 5.52 Å². The number of hydrogen-bond donors (Lipinski definition) is 1. The third-order valence-corrected chi connectivity index (χ3v) is 4.34. The SMILES string of the molecule is Cc1ccc2c(Cl)cc(Cl)c(OCC(=O)Nc3ccc(F)c([N+](=O)[O-])c3)c2n1. The van der Waals surface area contributed by atoms with Crippen molar-refractivity contribution in [3.63, 3.8) is 0 Å². The minimum absolute atomic E-state index is 0.0581. The van der Waals surface area contributed by atoms with Crippen LogP contribution in [0.1, 0.15) is 5.69 Å². The van der Waals surface area contributed by atoms with Crippen LogP contribution in [0.4, 0.5) is 15.8 Å². The summed E-state index contributed by atoms with van der Waals surface area (Å²) in [5, 5.41) is 14.4. The lowest BCUT2D eigenvalue weighted by Crippen LogP contribution is -2.20. The first-order valence-corrected chi connectivity index (χ1v) is 8.64. The number of carbonyl (C=O) groups is 1. The Morgan fingerprint density at radius 1 is 1.25 bits per heavy atom. The Kier molecular flexibility index (Phi) is 5.62. The first-order valence-electron chi connectivity index (χ1n) is 7.88. The molecule has 0 fully saturated rings. The summed E-state index contributed by atoms with van der Waals surface area (Å²) >= 11 is 12.3. The third-order valence-electron chi connectivity index (χ3n) is 3.75. The fourth-order valence-electron chi connectivity index (χ4n) is 2.49. The lowest BCUT2D eigenvalue weighted by Gasteiger charge is -2.12. The normalized spacial score (nSPS) is 10.7. The molecule has 1 N–H and O–H groups in total. The molecule has 28 heavy (non-hydrogen) atoms. The molecule has 0 aliphatic carbocycles. The molecule has 1 aromatic heterocycles. The summed E-state index contributed by atoms with van der Waals surface area (Å²) in [4.78, 5) is 26.4. The Balaban J connectivity index is 1.79. The number of halogens is 3. The topological polar surface area (TPSA) is 94.4 Å². The van der Waals surface area contributed by atoms with Gasteiger partial charge in [0.2, 0.25) is 5.82 Å². The van der Waals surface area contributed by atoms with Gasteiger partial charge in [0, 0.05) is 22.8 Å². The van der Waals surface area contributed by atoms with Crippen molar-refractivity contribution in [2.45, 2.75) is 6.92 Å². The number of aryl methyl sites for hydroxylation is 1. The highest BCUT2D eigenvalue weighted by molar-refractivity contribution is 6.39. The molecule has 0 atom stereocenters. The maximum atomic E-state index is 13.4.